The molecule has 1 N–H and O–H groups in total. The van der Waals surface area contributed by atoms with Gasteiger partial charge in [-0.05, 0) is 42.7 Å². The molecule has 0 unspecified atom stereocenters. The maximum atomic E-state index is 13.4. The number of amides is 1. The number of carbonyl (C=O) groups excluding carboxylic acids is 1. The largest absolute Gasteiger partial charge is 0.461 e. The second-order valence-electron chi connectivity index (χ2n) is 6.58. The fraction of sp³-hybridized carbons (Fsp3) is 0.316. The van der Waals surface area contributed by atoms with Crippen LogP contribution in [0.2, 0.25) is 0 Å². The van der Waals surface area contributed by atoms with Crippen LogP contribution >= 0.6 is 11.8 Å². The van der Waals surface area contributed by atoms with Crippen LogP contribution in [0, 0.1) is 18.7 Å². The predicted molar refractivity (Wildman–Crippen MR) is 103 cm³/mol. The highest BCUT2D eigenvalue weighted by Crippen LogP contribution is 2.26. The van der Waals surface area contributed by atoms with E-state index in [-0.39, 0.29) is 17.5 Å². The van der Waals surface area contributed by atoms with Crippen molar-refractivity contribution in [1.29, 1.82) is 0 Å². The minimum Gasteiger partial charge on any atom is -0.461 e. The quantitative estimate of drug-likeness (QED) is 0.609. The molecule has 27 heavy (non-hydrogen) atoms. The molecule has 3 aromatic rings. The SMILES string of the molecule is Cc1ccc(F)cc1NC(=O)CSc1nnc(-c2ccco2)n1CC(C)C. The van der Waals surface area contributed by atoms with E-state index in [9.17, 15) is 9.18 Å². The first kappa shape index (κ1) is 19.2. The van der Waals surface area contributed by atoms with Crippen LogP contribution in [0.1, 0.15) is 19.4 Å². The molecule has 0 aliphatic heterocycles. The Bertz CT molecular complexity index is 922. The van der Waals surface area contributed by atoms with E-state index in [0.29, 0.717) is 34.9 Å². The molecule has 142 valence electrons. The highest BCUT2D eigenvalue weighted by molar-refractivity contribution is 7.99. The summed E-state index contributed by atoms with van der Waals surface area (Å²) in [5, 5.41) is 11.8. The van der Waals surface area contributed by atoms with Gasteiger partial charge in [0, 0.05) is 12.2 Å². The third kappa shape index (κ3) is 4.77. The molecule has 0 saturated carbocycles. The van der Waals surface area contributed by atoms with Crippen molar-refractivity contribution in [3.8, 4) is 11.6 Å². The molecule has 3 rings (SSSR count). The average molecular weight is 388 g/mol. The number of furan rings is 1. The molecule has 0 bridgehead atoms. The van der Waals surface area contributed by atoms with E-state index in [1.54, 1.807) is 18.4 Å². The molecular weight excluding hydrogens is 367 g/mol. The zero-order valence-electron chi connectivity index (χ0n) is 15.4. The van der Waals surface area contributed by atoms with Crippen molar-refractivity contribution in [1.82, 2.24) is 14.8 Å². The lowest BCUT2D eigenvalue weighted by molar-refractivity contribution is -0.113. The lowest BCUT2D eigenvalue weighted by Crippen LogP contribution is -2.16. The first-order valence-corrected chi connectivity index (χ1v) is 9.58. The monoisotopic (exact) mass is 388 g/mol. The van der Waals surface area contributed by atoms with Crippen LogP contribution < -0.4 is 5.32 Å². The molecule has 2 heterocycles. The Kier molecular flexibility index (Phi) is 5.95. The molecule has 0 spiro atoms. The van der Waals surface area contributed by atoms with E-state index in [1.165, 1.54) is 23.9 Å². The Morgan fingerprint density at radius 1 is 1.33 bits per heavy atom. The van der Waals surface area contributed by atoms with Gasteiger partial charge in [0.1, 0.15) is 5.82 Å². The van der Waals surface area contributed by atoms with Crippen LogP contribution in [-0.2, 0) is 11.3 Å². The fourth-order valence-corrected chi connectivity index (χ4v) is 3.31. The minimum absolute atomic E-state index is 0.143. The number of benzene rings is 1. The predicted octanol–water partition coefficient (Wildman–Crippen LogP) is 4.37. The fourth-order valence-electron chi connectivity index (χ4n) is 2.56. The van der Waals surface area contributed by atoms with Crippen molar-refractivity contribution in [2.24, 2.45) is 5.92 Å². The summed E-state index contributed by atoms with van der Waals surface area (Å²) in [7, 11) is 0. The molecule has 1 amide bonds. The smallest absolute Gasteiger partial charge is 0.234 e. The number of carbonyl (C=O) groups is 1. The molecule has 0 radical (unpaired) electrons. The number of rotatable bonds is 7. The Morgan fingerprint density at radius 2 is 2.15 bits per heavy atom. The molecule has 0 aliphatic carbocycles. The molecular formula is C19H21FN4O2S. The number of nitrogens with zero attached hydrogens (tertiary/aromatic N) is 3. The maximum Gasteiger partial charge on any atom is 0.234 e. The summed E-state index contributed by atoms with van der Waals surface area (Å²) in [5.41, 5.74) is 1.28. The number of thioether (sulfide) groups is 1. The zero-order chi connectivity index (χ0) is 19.4. The number of aryl methyl sites for hydroxylation is 1. The molecule has 1 aromatic carbocycles. The summed E-state index contributed by atoms with van der Waals surface area (Å²) >= 11 is 1.29. The Labute approximate surface area is 161 Å². The van der Waals surface area contributed by atoms with Crippen molar-refractivity contribution in [3.05, 3.63) is 48.0 Å². The first-order chi connectivity index (χ1) is 12.9. The summed E-state index contributed by atoms with van der Waals surface area (Å²) in [6.45, 7) is 6.71. The molecule has 0 fully saturated rings. The van der Waals surface area contributed by atoms with Gasteiger partial charge in [0.15, 0.2) is 16.7 Å². The van der Waals surface area contributed by atoms with Gasteiger partial charge in [0.05, 0.1) is 12.0 Å². The molecule has 8 heteroatoms. The summed E-state index contributed by atoms with van der Waals surface area (Å²) in [4.78, 5) is 12.3. The van der Waals surface area contributed by atoms with Gasteiger partial charge < -0.3 is 9.73 Å². The number of nitrogens with one attached hydrogen (secondary N) is 1. The van der Waals surface area contributed by atoms with Crippen molar-refractivity contribution < 1.29 is 13.6 Å². The number of hydrogen-bond donors (Lipinski definition) is 1. The lowest BCUT2D eigenvalue weighted by atomic mass is 10.2. The van der Waals surface area contributed by atoms with Crippen LogP contribution in [0.15, 0.2) is 46.2 Å². The van der Waals surface area contributed by atoms with Crippen molar-refractivity contribution >= 4 is 23.4 Å². The van der Waals surface area contributed by atoms with Gasteiger partial charge in [-0.15, -0.1) is 10.2 Å². The number of aromatic nitrogens is 3. The maximum absolute atomic E-state index is 13.4. The van der Waals surface area contributed by atoms with Crippen molar-refractivity contribution in [3.63, 3.8) is 0 Å². The number of hydrogen-bond acceptors (Lipinski definition) is 5. The Balaban J connectivity index is 1.72. The van der Waals surface area contributed by atoms with Crippen LogP contribution in [0.5, 0.6) is 0 Å². The number of anilines is 1. The second kappa shape index (κ2) is 8.39. The van der Waals surface area contributed by atoms with Gasteiger partial charge in [-0.25, -0.2) is 4.39 Å². The van der Waals surface area contributed by atoms with Crippen LogP contribution in [0.3, 0.4) is 0 Å². The average Bonchev–Trinajstić information content (AvgIpc) is 3.26. The zero-order valence-corrected chi connectivity index (χ0v) is 16.2. The van der Waals surface area contributed by atoms with Gasteiger partial charge in [0.25, 0.3) is 0 Å². The summed E-state index contributed by atoms with van der Waals surface area (Å²) in [6, 6.07) is 7.94. The topological polar surface area (TPSA) is 73.0 Å². The van der Waals surface area contributed by atoms with Crippen molar-refractivity contribution in [2.45, 2.75) is 32.5 Å². The van der Waals surface area contributed by atoms with Gasteiger partial charge in [0.2, 0.25) is 5.91 Å². The van der Waals surface area contributed by atoms with E-state index in [2.05, 4.69) is 29.4 Å². The lowest BCUT2D eigenvalue weighted by Gasteiger charge is -2.12. The van der Waals surface area contributed by atoms with Crippen LogP contribution in [-0.4, -0.2) is 26.4 Å². The second-order valence-corrected chi connectivity index (χ2v) is 7.53. The third-order valence-corrected chi connectivity index (χ3v) is 4.78. The van der Waals surface area contributed by atoms with Crippen LogP contribution in [0.25, 0.3) is 11.6 Å². The standard InChI is InChI=1S/C19H21FN4O2S/c1-12(2)10-24-18(16-5-4-8-26-16)22-23-19(24)27-11-17(25)21-15-9-14(20)7-6-13(15)3/h4-9,12H,10-11H2,1-3H3,(H,21,25). The Morgan fingerprint density at radius 3 is 2.85 bits per heavy atom. The Hall–Kier alpha value is -2.61. The summed E-state index contributed by atoms with van der Waals surface area (Å²) in [6.07, 6.45) is 1.59. The number of halogens is 1. The molecule has 6 nitrogen and oxygen atoms in total. The molecule has 0 atom stereocenters. The van der Waals surface area contributed by atoms with Gasteiger partial charge in [-0.3, -0.25) is 9.36 Å². The highest BCUT2D eigenvalue weighted by atomic mass is 32.2. The molecule has 0 aliphatic rings. The normalized spacial score (nSPS) is 11.1. The molecule has 0 saturated heterocycles. The van der Waals surface area contributed by atoms with Crippen molar-refractivity contribution in [2.75, 3.05) is 11.1 Å². The summed E-state index contributed by atoms with van der Waals surface area (Å²) < 4.78 is 20.8. The first-order valence-electron chi connectivity index (χ1n) is 8.60. The van der Waals surface area contributed by atoms with E-state index in [4.69, 9.17) is 4.42 Å². The van der Waals surface area contributed by atoms with E-state index < -0.39 is 0 Å². The van der Waals surface area contributed by atoms with Gasteiger partial charge in [-0.2, -0.15) is 0 Å². The third-order valence-electron chi connectivity index (χ3n) is 3.81. The van der Waals surface area contributed by atoms with Gasteiger partial charge >= 0.3 is 0 Å². The summed E-state index contributed by atoms with van der Waals surface area (Å²) in [5.74, 6) is 1.17. The van der Waals surface area contributed by atoms with E-state index >= 15 is 0 Å². The van der Waals surface area contributed by atoms with E-state index in [1.807, 2.05) is 17.6 Å². The van der Waals surface area contributed by atoms with Gasteiger partial charge in [-0.1, -0.05) is 31.7 Å². The highest BCUT2D eigenvalue weighted by Gasteiger charge is 2.18. The van der Waals surface area contributed by atoms with E-state index in [0.717, 1.165) is 5.56 Å². The molecule has 2 aromatic heterocycles. The van der Waals surface area contributed by atoms with Crippen LogP contribution in [0.4, 0.5) is 10.1 Å². The minimum atomic E-state index is -0.386.